The van der Waals surface area contributed by atoms with E-state index in [4.69, 9.17) is 4.74 Å². The molecule has 2 fully saturated rings. The third-order valence-corrected chi connectivity index (χ3v) is 5.51. The van der Waals surface area contributed by atoms with Crippen molar-refractivity contribution in [3.8, 4) is 0 Å². The van der Waals surface area contributed by atoms with Gasteiger partial charge in [0.1, 0.15) is 5.82 Å². The van der Waals surface area contributed by atoms with Crippen molar-refractivity contribution >= 4 is 5.91 Å². The number of hydrogen-bond acceptors (Lipinski definition) is 3. The molecule has 0 bridgehead atoms. The fourth-order valence-corrected chi connectivity index (χ4v) is 4.03. The SMILES string of the molecule is CC(C)(C(=O)N1CCC[C@H](CN2CCOCC2)C1)c1ccccc1F. The quantitative estimate of drug-likeness (QED) is 0.839. The van der Waals surface area contributed by atoms with Crippen molar-refractivity contribution in [3.05, 3.63) is 35.6 Å². The summed E-state index contributed by atoms with van der Waals surface area (Å²) in [4.78, 5) is 17.5. The van der Waals surface area contributed by atoms with E-state index in [9.17, 15) is 9.18 Å². The highest BCUT2D eigenvalue weighted by Crippen LogP contribution is 2.30. The number of carbonyl (C=O) groups excluding carboxylic acids is 1. The molecule has 0 aromatic heterocycles. The van der Waals surface area contributed by atoms with Gasteiger partial charge >= 0.3 is 0 Å². The van der Waals surface area contributed by atoms with Crippen molar-refractivity contribution in [2.75, 3.05) is 45.9 Å². The number of morpholine rings is 1. The number of hydrogen-bond donors (Lipinski definition) is 0. The molecule has 5 heteroatoms. The summed E-state index contributed by atoms with van der Waals surface area (Å²) in [7, 11) is 0. The Kier molecular flexibility index (Phi) is 5.74. The molecule has 2 aliphatic rings. The van der Waals surface area contributed by atoms with Gasteiger partial charge in [0.15, 0.2) is 0 Å². The minimum absolute atomic E-state index is 0.0317. The molecule has 0 N–H and O–H groups in total. The molecule has 1 aromatic rings. The van der Waals surface area contributed by atoms with Crippen molar-refractivity contribution in [2.24, 2.45) is 5.92 Å². The monoisotopic (exact) mass is 348 g/mol. The van der Waals surface area contributed by atoms with Gasteiger partial charge in [0.25, 0.3) is 0 Å². The van der Waals surface area contributed by atoms with E-state index in [0.29, 0.717) is 11.5 Å². The number of halogens is 1. The van der Waals surface area contributed by atoms with E-state index >= 15 is 0 Å². The fraction of sp³-hybridized carbons (Fsp3) is 0.650. The van der Waals surface area contributed by atoms with Crippen molar-refractivity contribution in [3.63, 3.8) is 0 Å². The topological polar surface area (TPSA) is 32.8 Å². The molecule has 2 saturated heterocycles. The van der Waals surface area contributed by atoms with Crippen molar-refractivity contribution in [1.29, 1.82) is 0 Å². The van der Waals surface area contributed by atoms with E-state index in [0.717, 1.165) is 58.8 Å². The van der Waals surface area contributed by atoms with Gasteiger partial charge in [0.05, 0.1) is 18.6 Å². The lowest BCUT2D eigenvalue weighted by Gasteiger charge is -2.40. The number of benzene rings is 1. The average molecular weight is 348 g/mol. The van der Waals surface area contributed by atoms with E-state index < -0.39 is 5.41 Å². The van der Waals surface area contributed by atoms with Crippen LogP contribution in [0.2, 0.25) is 0 Å². The van der Waals surface area contributed by atoms with Crippen molar-refractivity contribution in [2.45, 2.75) is 32.1 Å². The minimum atomic E-state index is -0.841. The summed E-state index contributed by atoms with van der Waals surface area (Å²) < 4.78 is 19.6. The molecule has 1 aromatic carbocycles. The lowest BCUT2D eigenvalue weighted by Crippen LogP contribution is -2.50. The molecular formula is C20H29FN2O2. The van der Waals surface area contributed by atoms with Crippen LogP contribution in [-0.4, -0.2) is 61.6 Å². The van der Waals surface area contributed by atoms with Gasteiger partial charge in [-0.1, -0.05) is 18.2 Å². The van der Waals surface area contributed by atoms with E-state index in [1.54, 1.807) is 18.2 Å². The van der Waals surface area contributed by atoms with E-state index in [-0.39, 0.29) is 11.7 Å². The maximum Gasteiger partial charge on any atom is 0.232 e. The zero-order chi connectivity index (χ0) is 17.9. The van der Waals surface area contributed by atoms with Crippen LogP contribution in [0.15, 0.2) is 24.3 Å². The van der Waals surface area contributed by atoms with Gasteiger partial charge in [-0.15, -0.1) is 0 Å². The Morgan fingerprint density at radius 1 is 1.24 bits per heavy atom. The molecule has 3 rings (SSSR count). The second-order valence-corrected chi connectivity index (χ2v) is 7.78. The number of nitrogens with zero attached hydrogens (tertiary/aromatic N) is 2. The van der Waals surface area contributed by atoms with Crippen LogP contribution in [0, 0.1) is 11.7 Å². The van der Waals surface area contributed by atoms with Gasteiger partial charge in [-0.25, -0.2) is 4.39 Å². The van der Waals surface area contributed by atoms with Gasteiger partial charge in [-0.05, 0) is 38.7 Å². The molecule has 1 atom stereocenters. The Morgan fingerprint density at radius 2 is 1.96 bits per heavy atom. The van der Waals surface area contributed by atoms with Gasteiger partial charge in [-0.2, -0.15) is 0 Å². The Hall–Kier alpha value is -1.46. The van der Waals surface area contributed by atoms with Crippen LogP contribution in [0.1, 0.15) is 32.3 Å². The first-order valence-corrected chi connectivity index (χ1v) is 9.33. The number of likely N-dealkylation sites (tertiary alicyclic amines) is 1. The summed E-state index contributed by atoms with van der Waals surface area (Å²) in [5.74, 6) is 0.222. The van der Waals surface area contributed by atoms with E-state index in [2.05, 4.69) is 4.90 Å². The number of piperidine rings is 1. The normalized spacial score (nSPS) is 22.8. The van der Waals surface area contributed by atoms with Crippen LogP contribution in [0.5, 0.6) is 0 Å². The maximum absolute atomic E-state index is 14.2. The summed E-state index contributed by atoms with van der Waals surface area (Å²) in [6, 6.07) is 6.62. The van der Waals surface area contributed by atoms with Crippen LogP contribution in [-0.2, 0) is 14.9 Å². The van der Waals surface area contributed by atoms with Gasteiger partial charge in [-0.3, -0.25) is 9.69 Å². The first-order chi connectivity index (χ1) is 12.0. The van der Waals surface area contributed by atoms with Crippen LogP contribution < -0.4 is 0 Å². The zero-order valence-electron chi connectivity index (χ0n) is 15.3. The van der Waals surface area contributed by atoms with Crippen LogP contribution in [0.25, 0.3) is 0 Å². The molecule has 2 heterocycles. The Morgan fingerprint density at radius 3 is 2.68 bits per heavy atom. The second kappa shape index (κ2) is 7.83. The lowest BCUT2D eigenvalue weighted by molar-refractivity contribution is -0.138. The van der Waals surface area contributed by atoms with E-state index in [1.807, 2.05) is 18.7 Å². The Labute approximate surface area is 149 Å². The molecule has 25 heavy (non-hydrogen) atoms. The van der Waals surface area contributed by atoms with Crippen LogP contribution in [0.3, 0.4) is 0 Å². The van der Waals surface area contributed by atoms with Crippen molar-refractivity contribution in [1.82, 2.24) is 9.80 Å². The fourth-order valence-electron chi connectivity index (χ4n) is 4.03. The molecule has 2 aliphatic heterocycles. The average Bonchev–Trinajstić information content (AvgIpc) is 2.62. The van der Waals surface area contributed by atoms with Gasteiger partial charge in [0, 0.05) is 38.3 Å². The largest absolute Gasteiger partial charge is 0.379 e. The molecule has 1 amide bonds. The van der Waals surface area contributed by atoms with Crippen LogP contribution in [0.4, 0.5) is 4.39 Å². The number of carbonyl (C=O) groups is 1. The zero-order valence-corrected chi connectivity index (χ0v) is 15.3. The molecular weight excluding hydrogens is 319 g/mol. The molecule has 0 aliphatic carbocycles. The predicted molar refractivity (Wildman–Crippen MR) is 96.0 cm³/mol. The van der Waals surface area contributed by atoms with E-state index in [1.165, 1.54) is 6.07 Å². The van der Waals surface area contributed by atoms with Gasteiger partial charge in [0.2, 0.25) is 5.91 Å². The van der Waals surface area contributed by atoms with Crippen LogP contribution >= 0.6 is 0 Å². The predicted octanol–water partition coefficient (Wildman–Crippen LogP) is 2.67. The highest BCUT2D eigenvalue weighted by atomic mass is 19.1. The highest BCUT2D eigenvalue weighted by molar-refractivity contribution is 5.87. The highest BCUT2D eigenvalue weighted by Gasteiger charge is 2.37. The molecule has 4 nitrogen and oxygen atoms in total. The Balaban J connectivity index is 1.65. The maximum atomic E-state index is 14.2. The lowest BCUT2D eigenvalue weighted by atomic mass is 9.82. The standard InChI is InChI=1S/C20H29FN2O2/c1-20(2,17-7-3-4-8-18(17)21)19(24)23-9-5-6-16(15-23)14-22-10-12-25-13-11-22/h3-4,7-8,16H,5-6,9-15H2,1-2H3/t16-/m1/s1. The smallest absolute Gasteiger partial charge is 0.232 e. The number of amides is 1. The first kappa shape index (κ1) is 18.3. The minimum Gasteiger partial charge on any atom is -0.379 e. The molecule has 138 valence electrons. The molecule has 0 unspecified atom stereocenters. The summed E-state index contributed by atoms with van der Waals surface area (Å²) in [5.41, 5.74) is -0.359. The third-order valence-electron chi connectivity index (χ3n) is 5.51. The summed E-state index contributed by atoms with van der Waals surface area (Å²) in [5, 5.41) is 0. The summed E-state index contributed by atoms with van der Waals surface area (Å²) in [6.07, 6.45) is 2.18. The van der Waals surface area contributed by atoms with Crippen molar-refractivity contribution < 1.29 is 13.9 Å². The van der Waals surface area contributed by atoms with Gasteiger partial charge < -0.3 is 9.64 Å². The first-order valence-electron chi connectivity index (χ1n) is 9.33. The second-order valence-electron chi connectivity index (χ2n) is 7.78. The number of rotatable bonds is 4. The summed E-state index contributed by atoms with van der Waals surface area (Å²) in [6.45, 7) is 9.79. The molecule has 0 saturated carbocycles. The molecule has 0 spiro atoms. The molecule has 0 radical (unpaired) electrons. The summed E-state index contributed by atoms with van der Waals surface area (Å²) >= 11 is 0. The Bertz CT molecular complexity index is 599. The third kappa shape index (κ3) is 4.21. The number of ether oxygens (including phenoxy) is 1.